The molecule has 1 heterocycles. The summed E-state index contributed by atoms with van der Waals surface area (Å²) in [4.78, 5) is 0. The molecule has 1 aliphatic heterocycles. The summed E-state index contributed by atoms with van der Waals surface area (Å²) in [5, 5.41) is 17.4. The Morgan fingerprint density at radius 2 is 1.95 bits per heavy atom. The maximum Gasteiger partial charge on any atom is 0.0667 e. The number of hydrogen-bond donors (Lipinski definition) is 3. The number of nitrogens with one attached hydrogen (secondary N) is 2. The fraction of sp³-hybridized carbons (Fsp3) is 1.00. The summed E-state index contributed by atoms with van der Waals surface area (Å²) in [6.07, 6.45) is 8.79. The van der Waals surface area contributed by atoms with E-state index in [0.29, 0.717) is 12.0 Å². The van der Waals surface area contributed by atoms with Gasteiger partial charge in [-0.15, -0.1) is 0 Å². The van der Waals surface area contributed by atoms with Gasteiger partial charge in [-0.1, -0.05) is 26.7 Å². The first-order valence-corrected chi connectivity index (χ1v) is 8.31. The Hall–Kier alpha value is -0.120. The van der Waals surface area contributed by atoms with Crippen molar-refractivity contribution in [1.82, 2.24) is 10.6 Å². The zero-order chi connectivity index (χ0) is 13.7. The summed E-state index contributed by atoms with van der Waals surface area (Å²) < 4.78 is 0. The van der Waals surface area contributed by atoms with Crippen LogP contribution in [0.4, 0.5) is 0 Å². The van der Waals surface area contributed by atoms with Crippen LogP contribution in [0.15, 0.2) is 0 Å². The molecule has 0 aromatic rings. The van der Waals surface area contributed by atoms with E-state index in [1.165, 1.54) is 45.1 Å². The molecule has 0 bridgehead atoms. The van der Waals surface area contributed by atoms with E-state index in [9.17, 15) is 5.11 Å². The fourth-order valence-electron chi connectivity index (χ4n) is 3.89. The first kappa shape index (κ1) is 15.3. The number of rotatable bonds is 6. The lowest BCUT2D eigenvalue weighted by molar-refractivity contribution is 0.127. The largest absolute Gasteiger partial charge is 0.392 e. The standard InChI is InChI=1S/C16H32N2O/c1-12(2)10-13(19)11-18-16-7-4-3-6-14(16)15-8-5-9-17-15/h12-19H,3-11H2,1-2H3. The van der Waals surface area contributed by atoms with Crippen LogP contribution >= 0.6 is 0 Å². The van der Waals surface area contributed by atoms with Crippen molar-refractivity contribution in [3.63, 3.8) is 0 Å². The van der Waals surface area contributed by atoms with Gasteiger partial charge < -0.3 is 15.7 Å². The Bertz CT molecular complexity index is 251. The van der Waals surface area contributed by atoms with E-state index in [1.54, 1.807) is 0 Å². The van der Waals surface area contributed by atoms with Gasteiger partial charge in [0.15, 0.2) is 0 Å². The van der Waals surface area contributed by atoms with Crippen molar-refractivity contribution in [2.75, 3.05) is 13.1 Å². The van der Waals surface area contributed by atoms with Crippen molar-refractivity contribution >= 4 is 0 Å². The molecule has 0 amide bonds. The van der Waals surface area contributed by atoms with Crippen LogP contribution in [-0.4, -0.2) is 36.4 Å². The van der Waals surface area contributed by atoms with E-state index >= 15 is 0 Å². The fourth-order valence-corrected chi connectivity index (χ4v) is 3.89. The smallest absolute Gasteiger partial charge is 0.0667 e. The van der Waals surface area contributed by atoms with Crippen molar-refractivity contribution in [2.45, 2.75) is 77.0 Å². The summed E-state index contributed by atoms with van der Waals surface area (Å²) in [5.41, 5.74) is 0. The van der Waals surface area contributed by atoms with Gasteiger partial charge in [-0.05, 0) is 50.5 Å². The third-order valence-corrected chi connectivity index (χ3v) is 4.79. The lowest BCUT2D eigenvalue weighted by Crippen LogP contribution is -2.48. The molecule has 4 unspecified atom stereocenters. The van der Waals surface area contributed by atoms with E-state index in [-0.39, 0.29) is 6.10 Å². The van der Waals surface area contributed by atoms with Gasteiger partial charge in [0, 0.05) is 18.6 Å². The average molecular weight is 268 g/mol. The Labute approximate surface area is 118 Å². The lowest BCUT2D eigenvalue weighted by Gasteiger charge is -2.37. The molecule has 1 aliphatic carbocycles. The van der Waals surface area contributed by atoms with Gasteiger partial charge in [0.05, 0.1) is 6.10 Å². The van der Waals surface area contributed by atoms with Crippen LogP contribution in [0, 0.1) is 11.8 Å². The highest BCUT2D eigenvalue weighted by atomic mass is 16.3. The van der Waals surface area contributed by atoms with Crippen LogP contribution in [0.3, 0.4) is 0 Å². The lowest BCUT2D eigenvalue weighted by atomic mass is 9.79. The van der Waals surface area contributed by atoms with Crippen LogP contribution in [0.1, 0.15) is 58.8 Å². The summed E-state index contributed by atoms with van der Waals surface area (Å²) in [7, 11) is 0. The minimum Gasteiger partial charge on any atom is -0.392 e. The second-order valence-corrected chi connectivity index (χ2v) is 6.95. The summed E-state index contributed by atoms with van der Waals surface area (Å²) >= 11 is 0. The predicted octanol–water partition coefficient (Wildman–Crippen LogP) is 2.29. The summed E-state index contributed by atoms with van der Waals surface area (Å²) in [6, 6.07) is 1.34. The van der Waals surface area contributed by atoms with Crippen molar-refractivity contribution in [1.29, 1.82) is 0 Å². The van der Waals surface area contributed by atoms with Crippen LogP contribution in [0.25, 0.3) is 0 Å². The Balaban J connectivity index is 1.78. The average Bonchev–Trinajstić information content (AvgIpc) is 2.89. The van der Waals surface area contributed by atoms with E-state index < -0.39 is 0 Å². The molecule has 112 valence electrons. The molecule has 1 saturated carbocycles. The second kappa shape index (κ2) is 7.61. The van der Waals surface area contributed by atoms with E-state index in [1.807, 2.05) is 0 Å². The molecule has 3 N–H and O–H groups in total. The maximum absolute atomic E-state index is 10.0. The molecule has 0 spiro atoms. The van der Waals surface area contributed by atoms with Crippen molar-refractivity contribution < 1.29 is 5.11 Å². The van der Waals surface area contributed by atoms with Crippen LogP contribution < -0.4 is 10.6 Å². The molecule has 0 radical (unpaired) electrons. The first-order chi connectivity index (χ1) is 9.16. The molecule has 0 aromatic heterocycles. The minimum atomic E-state index is -0.181. The van der Waals surface area contributed by atoms with Gasteiger partial charge in [-0.2, -0.15) is 0 Å². The quantitative estimate of drug-likeness (QED) is 0.692. The topological polar surface area (TPSA) is 44.3 Å². The molecule has 2 rings (SSSR count). The molecule has 1 saturated heterocycles. The van der Waals surface area contributed by atoms with Gasteiger partial charge in [0.1, 0.15) is 0 Å². The first-order valence-electron chi connectivity index (χ1n) is 8.31. The minimum absolute atomic E-state index is 0.181. The highest BCUT2D eigenvalue weighted by Gasteiger charge is 2.33. The Kier molecular flexibility index (Phi) is 6.11. The third-order valence-electron chi connectivity index (χ3n) is 4.79. The second-order valence-electron chi connectivity index (χ2n) is 6.95. The predicted molar refractivity (Wildman–Crippen MR) is 80.2 cm³/mol. The number of hydrogen-bond acceptors (Lipinski definition) is 3. The van der Waals surface area contributed by atoms with Gasteiger partial charge in [0.25, 0.3) is 0 Å². The van der Waals surface area contributed by atoms with E-state index in [2.05, 4.69) is 24.5 Å². The third kappa shape index (κ3) is 4.73. The number of aliphatic hydroxyl groups excluding tert-OH is 1. The van der Waals surface area contributed by atoms with Crippen molar-refractivity contribution in [3.05, 3.63) is 0 Å². The van der Waals surface area contributed by atoms with Gasteiger partial charge in [-0.25, -0.2) is 0 Å². The van der Waals surface area contributed by atoms with Crippen LogP contribution in [0.5, 0.6) is 0 Å². The zero-order valence-corrected chi connectivity index (χ0v) is 12.7. The van der Waals surface area contributed by atoms with Crippen molar-refractivity contribution in [2.24, 2.45) is 11.8 Å². The molecule has 2 aliphatic rings. The maximum atomic E-state index is 10.0. The van der Waals surface area contributed by atoms with Crippen LogP contribution in [-0.2, 0) is 0 Å². The zero-order valence-electron chi connectivity index (χ0n) is 12.7. The molecular formula is C16H32N2O. The Morgan fingerprint density at radius 1 is 1.16 bits per heavy atom. The SMILES string of the molecule is CC(C)CC(O)CNC1CCCCC1C1CCCN1. The molecule has 3 nitrogen and oxygen atoms in total. The normalized spacial score (nSPS) is 33.8. The van der Waals surface area contributed by atoms with Crippen molar-refractivity contribution in [3.8, 4) is 0 Å². The monoisotopic (exact) mass is 268 g/mol. The molecular weight excluding hydrogens is 236 g/mol. The van der Waals surface area contributed by atoms with Gasteiger partial charge in [-0.3, -0.25) is 0 Å². The highest BCUT2D eigenvalue weighted by Crippen LogP contribution is 2.30. The Morgan fingerprint density at radius 3 is 2.63 bits per heavy atom. The highest BCUT2D eigenvalue weighted by molar-refractivity contribution is 4.91. The van der Waals surface area contributed by atoms with Crippen LogP contribution in [0.2, 0.25) is 0 Å². The van der Waals surface area contributed by atoms with E-state index in [4.69, 9.17) is 0 Å². The molecule has 3 heteroatoms. The molecule has 2 fully saturated rings. The molecule has 19 heavy (non-hydrogen) atoms. The molecule has 4 atom stereocenters. The van der Waals surface area contributed by atoms with E-state index in [0.717, 1.165) is 24.9 Å². The molecule has 0 aromatic carbocycles. The number of aliphatic hydroxyl groups is 1. The summed E-state index contributed by atoms with van der Waals surface area (Å²) in [5.74, 6) is 1.36. The van der Waals surface area contributed by atoms with Gasteiger partial charge >= 0.3 is 0 Å². The van der Waals surface area contributed by atoms with Gasteiger partial charge in [0.2, 0.25) is 0 Å². The summed E-state index contributed by atoms with van der Waals surface area (Å²) in [6.45, 7) is 6.32.